The first-order valence-electron chi connectivity index (χ1n) is 13.1. The number of unbranched alkanes of at least 4 members (excludes halogenated alkanes) is 2. The monoisotopic (exact) mass is 546 g/mol. The molecule has 2 aromatic carbocycles. The van der Waals surface area contributed by atoms with E-state index in [4.69, 9.17) is 18.9 Å². The average Bonchev–Trinajstić information content (AvgIpc) is 3.23. The molecular weight excluding hydrogens is 512 g/mol. The van der Waals surface area contributed by atoms with Gasteiger partial charge < -0.3 is 29.0 Å². The van der Waals surface area contributed by atoms with Crippen molar-refractivity contribution in [3.63, 3.8) is 0 Å². The fraction of sp³-hybridized carbons (Fsp3) is 0.323. The number of aromatic nitrogens is 1. The first-order valence-corrected chi connectivity index (χ1v) is 13.1. The maximum atomic E-state index is 13.5. The highest BCUT2D eigenvalue weighted by molar-refractivity contribution is 6.46. The third kappa shape index (κ3) is 5.88. The molecule has 0 radical (unpaired) electrons. The van der Waals surface area contributed by atoms with E-state index in [2.05, 4.69) is 11.9 Å². The van der Waals surface area contributed by atoms with E-state index in [0.29, 0.717) is 40.7 Å². The number of rotatable bonds is 12. The van der Waals surface area contributed by atoms with Gasteiger partial charge >= 0.3 is 0 Å². The van der Waals surface area contributed by atoms with Crippen LogP contribution in [0, 0.1) is 0 Å². The predicted molar refractivity (Wildman–Crippen MR) is 150 cm³/mol. The molecule has 3 aromatic rings. The molecule has 1 aliphatic heterocycles. The SMILES string of the molecule is CCCCCOc1ccc(/C(O)=C2\C(=O)C(=O)N(Cc3cccnc3)C2c2cc(OC)c(OC)c(OC)c2)cc1. The van der Waals surface area contributed by atoms with E-state index in [-0.39, 0.29) is 17.9 Å². The number of amides is 1. The van der Waals surface area contributed by atoms with Gasteiger partial charge in [-0.3, -0.25) is 14.6 Å². The minimum atomic E-state index is -0.932. The molecule has 210 valence electrons. The predicted octanol–water partition coefficient (Wildman–Crippen LogP) is 5.30. The first-order chi connectivity index (χ1) is 19.4. The first kappa shape index (κ1) is 28.5. The molecule has 0 spiro atoms. The highest BCUT2D eigenvalue weighted by Gasteiger charge is 2.46. The molecule has 1 fully saturated rings. The largest absolute Gasteiger partial charge is 0.507 e. The number of hydrogen-bond donors (Lipinski definition) is 1. The second-order valence-electron chi connectivity index (χ2n) is 9.33. The summed E-state index contributed by atoms with van der Waals surface area (Å²) < 4.78 is 22.3. The molecule has 1 atom stereocenters. The molecule has 4 rings (SSSR count). The number of aliphatic hydroxyl groups is 1. The summed E-state index contributed by atoms with van der Waals surface area (Å²) in [6, 6.07) is 12.8. The van der Waals surface area contributed by atoms with Crippen molar-refractivity contribution in [2.75, 3.05) is 27.9 Å². The number of pyridine rings is 1. The van der Waals surface area contributed by atoms with Crippen LogP contribution in [0.2, 0.25) is 0 Å². The number of hydrogen-bond acceptors (Lipinski definition) is 8. The molecule has 1 amide bonds. The third-order valence-electron chi connectivity index (χ3n) is 6.76. The van der Waals surface area contributed by atoms with Gasteiger partial charge in [0.15, 0.2) is 11.5 Å². The van der Waals surface area contributed by atoms with Crippen LogP contribution in [0.15, 0.2) is 66.5 Å². The van der Waals surface area contributed by atoms with Crippen molar-refractivity contribution >= 4 is 17.4 Å². The van der Waals surface area contributed by atoms with Crippen LogP contribution in [0.1, 0.15) is 48.9 Å². The molecule has 1 aliphatic rings. The fourth-order valence-electron chi connectivity index (χ4n) is 4.74. The summed E-state index contributed by atoms with van der Waals surface area (Å²) in [7, 11) is 4.46. The third-order valence-corrected chi connectivity index (χ3v) is 6.76. The highest BCUT2D eigenvalue weighted by Crippen LogP contribution is 2.46. The quantitative estimate of drug-likeness (QED) is 0.141. The van der Waals surface area contributed by atoms with Gasteiger partial charge in [-0.15, -0.1) is 0 Å². The van der Waals surface area contributed by atoms with Crippen LogP contribution in [0.25, 0.3) is 5.76 Å². The fourth-order valence-corrected chi connectivity index (χ4v) is 4.74. The molecule has 40 heavy (non-hydrogen) atoms. The van der Waals surface area contributed by atoms with Gasteiger partial charge in [-0.05, 0) is 60.0 Å². The lowest BCUT2D eigenvalue weighted by molar-refractivity contribution is -0.140. The van der Waals surface area contributed by atoms with Gasteiger partial charge in [0.05, 0.1) is 39.6 Å². The van der Waals surface area contributed by atoms with Gasteiger partial charge in [0, 0.05) is 24.5 Å². The number of carbonyl (C=O) groups is 2. The number of likely N-dealkylation sites (tertiary alicyclic amines) is 1. The zero-order valence-electron chi connectivity index (χ0n) is 23.2. The molecule has 1 N–H and O–H groups in total. The lowest BCUT2D eigenvalue weighted by Crippen LogP contribution is -2.29. The van der Waals surface area contributed by atoms with E-state index >= 15 is 0 Å². The highest BCUT2D eigenvalue weighted by atomic mass is 16.5. The Kier molecular flexibility index (Phi) is 9.27. The molecule has 1 saturated heterocycles. The molecule has 0 aliphatic carbocycles. The second kappa shape index (κ2) is 13.0. The van der Waals surface area contributed by atoms with E-state index in [1.54, 1.807) is 54.9 Å². The number of ether oxygens (including phenoxy) is 4. The minimum Gasteiger partial charge on any atom is -0.507 e. The maximum absolute atomic E-state index is 13.5. The molecule has 1 aromatic heterocycles. The molecule has 0 bridgehead atoms. The Bertz CT molecular complexity index is 1350. The Labute approximate surface area is 234 Å². The van der Waals surface area contributed by atoms with Crippen molar-refractivity contribution < 1.29 is 33.6 Å². The van der Waals surface area contributed by atoms with Crippen LogP contribution in [-0.4, -0.2) is 54.6 Å². The summed E-state index contributed by atoms with van der Waals surface area (Å²) in [5.41, 5.74) is 1.58. The van der Waals surface area contributed by atoms with Gasteiger partial charge in [0.2, 0.25) is 5.75 Å². The number of benzene rings is 2. The Balaban J connectivity index is 1.80. The maximum Gasteiger partial charge on any atom is 0.295 e. The Morgan fingerprint density at radius 3 is 2.25 bits per heavy atom. The van der Waals surface area contributed by atoms with Crippen LogP contribution >= 0.6 is 0 Å². The van der Waals surface area contributed by atoms with E-state index in [9.17, 15) is 14.7 Å². The van der Waals surface area contributed by atoms with Crippen molar-refractivity contribution in [1.29, 1.82) is 0 Å². The zero-order valence-corrected chi connectivity index (χ0v) is 23.2. The van der Waals surface area contributed by atoms with Crippen LogP contribution in [0.3, 0.4) is 0 Å². The number of aliphatic hydroxyl groups excluding tert-OH is 1. The van der Waals surface area contributed by atoms with Crippen molar-refractivity contribution in [2.24, 2.45) is 0 Å². The zero-order chi connectivity index (χ0) is 28.6. The number of nitrogens with zero attached hydrogens (tertiary/aromatic N) is 2. The van der Waals surface area contributed by atoms with Crippen LogP contribution in [0.4, 0.5) is 0 Å². The summed E-state index contributed by atoms with van der Waals surface area (Å²) >= 11 is 0. The van der Waals surface area contributed by atoms with Gasteiger partial charge in [-0.2, -0.15) is 0 Å². The van der Waals surface area contributed by atoms with Crippen LogP contribution in [-0.2, 0) is 16.1 Å². The number of methoxy groups -OCH3 is 3. The smallest absolute Gasteiger partial charge is 0.295 e. The van der Waals surface area contributed by atoms with Crippen molar-refractivity contribution in [3.8, 4) is 23.0 Å². The van der Waals surface area contributed by atoms with Gasteiger partial charge in [0.1, 0.15) is 11.5 Å². The van der Waals surface area contributed by atoms with Crippen molar-refractivity contribution in [1.82, 2.24) is 9.88 Å². The number of ketones is 1. The van der Waals surface area contributed by atoms with E-state index in [1.165, 1.54) is 26.2 Å². The van der Waals surface area contributed by atoms with Gasteiger partial charge in [0.25, 0.3) is 11.7 Å². The van der Waals surface area contributed by atoms with Crippen LogP contribution < -0.4 is 18.9 Å². The lowest BCUT2D eigenvalue weighted by Gasteiger charge is -2.26. The molecule has 1 unspecified atom stereocenters. The number of Topliss-reactive ketones (excluding diaryl/α,β-unsaturated/α-hetero) is 1. The van der Waals surface area contributed by atoms with Crippen molar-refractivity contribution in [2.45, 2.75) is 38.8 Å². The van der Waals surface area contributed by atoms with Crippen LogP contribution in [0.5, 0.6) is 23.0 Å². The number of carbonyl (C=O) groups excluding carboxylic acids is 2. The van der Waals surface area contributed by atoms with E-state index in [1.807, 2.05) is 6.07 Å². The lowest BCUT2D eigenvalue weighted by atomic mass is 9.94. The van der Waals surface area contributed by atoms with Gasteiger partial charge in [-0.1, -0.05) is 25.8 Å². The van der Waals surface area contributed by atoms with E-state index in [0.717, 1.165) is 24.8 Å². The minimum absolute atomic E-state index is 0.0419. The summed E-state index contributed by atoms with van der Waals surface area (Å²) in [4.78, 5) is 32.4. The standard InChI is InChI=1S/C31H34N2O7/c1-5-6-7-15-40-23-12-10-21(11-13-23)28(34)26-27(22-16-24(37-2)30(39-4)25(17-22)38-3)33(31(36)29(26)35)19-20-9-8-14-32-18-20/h8-14,16-18,27,34H,5-7,15,19H2,1-4H3/b28-26+. The summed E-state index contributed by atoms with van der Waals surface area (Å²) in [5.74, 6) is -0.0801. The molecule has 9 nitrogen and oxygen atoms in total. The molecule has 2 heterocycles. The summed E-state index contributed by atoms with van der Waals surface area (Å²) in [6.07, 6.45) is 6.39. The van der Waals surface area contributed by atoms with Crippen molar-refractivity contribution in [3.05, 3.63) is 83.2 Å². The summed E-state index contributed by atoms with van der Waals surface area (Å²) in [6.45, 7) is 2.82. The Hall–Kier alpha value is -4.53. The van der Waals surface area contributed by atoms with E-state index < -0.39 is 17.7 Å². The normalized spacial score (nSPS) is 16.2. The summed E-state index contributed by atoms with van der Waals surface area (Å²) in [5, 5.41) is 11.5. The average molecular weight is 547 g/mol. The Morgan fingerprint density at radius 2 is 1.68 bits per heavy atom. The molecule has 9 heteroatoms. The Morgan fingerprint density at radius 1 is 0.975 bits per heavy atom. The second-order valence-corrected chi connectivity index (χ2v) is 9.33. The van der Waals surface area contributed by atoms with Gasteiger partial charge in [-0.25, -0.2) is 0 Å². The topological polar surface area (TPSA) is 107 Å². The molecular formula is C31H34N2O7. The molecule has 0 saturated carbocycles.